The molecule has 2 aromatic rings. The Kier molecular flexibility index (Phi) is 2.85. The summed E-state index contributed by atoms with van der Waals surface area (Å²) < 4.78 is 1.30. The fourth-order valence-corrected chi connectivity index (χ4v) is 4.90. The first-order valence-electron chi connectivity index (χ1n) is 7.41. The number of thiazole rings is 1. The lowest BCUT2D eigenvalue weighted by Crippen LogP contribution is -2.35. The number of rotatable bonds is 3. The Morgan fingerprint density at radius 1 is 1.26 bits per heavy atom. The van der Waals surface area contributed by atoms with Gasteiger partial charge in [-0.05, 0) is 50.2 Å². The quantitative estimate of drug-likeness (QED) is 0.908. The fourth-order valence-electron chi connectivity index (χ4n) is 3.92. The second kappa shape index (κ2) is 4.57. The van der Waals surface area contributed by atoms with E-state index in [2.05, 4.69) is 36.5 Å². The van der Waals surface area contributed by atoms with Gasteiger partial charge in [0.2, 0.25) is 0 Å². The van der Waals surface area contributed by atoms with E-state index in [9.17, 15) is 0 Å². The molecule has 1 N–H and O–H groups in total. The molecule has 0 aliphatic heterocycles. The van der Waals surface area contributed by atoms with Crippen molar-refractivity contribution in [2.24, 2.45) is 11.8 Å². The Labute approximate surface area is 118 Å². The predicted octanol–water partition coefficient (Wildman–Crippen LogP) is 4.14. The summed E-state index contributed by atoms with van der Waals surface area (Å²) in [6.45, 7) is 2.27. The van der Waals surface area contributed by atoms with Gasteiger partial charge in [0.1, 0.15) is 5.01 Å². The Morgan fingerprint density at radius 3 is 2.89 bits per heavy atom. The van der Waals surface area contributed by atoms with Crippen LogP contribution in [-0.4, -0.2) is 11.0 Å². The highest BCUT2D eigenvalue weighted by molar-refractivity contribution is 7.18. The third-order valence-electron chi connectivity index (χ3n) is 4.88. The molecule has 0 spiro atoms. The average molecular weight is 272 g/mol. The van der Waals surface area contributed by atoms with Crippen LogP contribution in [0.5, 0.6) is 0 Å². The SMILES string of the molecule is CC(NC1CC2CCC1C2)c1nc2ccccc2s1. The van der Waals surface area contributed by atoms with E-state index in [-0.39, 0.29) is 0 Å². The molecule has 4 atom stereocenters. The number of para-hydroxylation sites is 1. The van der Waals surface area contributed by atoms with Gasteiger partial charge in [-0.3, -0.25) is 0 Å². The molecule has 2 aliphatic rings. The van der Waals surface area contributed by atoms with E-state index in [1.54, 1.807) is 0 Å². The first kappa shape index (κ1) is 11.9. The van der Waals surface area contributed by atoms with Gasteiger partial charge >= 0.3 is 0 Å². The fraction of sp³-hybridized carbons (Fsp3) is 0.562. The summed E-state index contributed by atoms with van der Waals surface area (Å²) in [6, 6.07) is 9.57. The summed E-state index contributed by atoms with van der Waals surface area (Å²) in [5, 5.41) is 5.08. The Hall–Kier alpha value is -0.930. The minimum Gasteiger partial charge on any atom is -0.305 e. The molecule has 4 rings (SSSR count). The minimum atomic E-state index is 0.391. The van der Waals surface area contributed by atoms with Crippen LogP contribution in [-0.2, 0) is 0 Å². The van der Waals surface area contributed by atoms with Crippen LogP contribution in [0.25, 0.3) is 10.2 Å². The van der Waals surface area contributed by atoms with Gasteiger partial charge in [0.05, 0.1) is 16.3 Å². The van der Waals surface area contributed by atoms with Crippen LogP contribution < -0.4 is 5.32 Å². The second-order valence-corrected chi connectivity index (χ2v) is 7.25. The zero-order valence-electron chi connectivity index (χ0n) is 11.3. The van der Waals surface area contributed by atoms with Crippen LogP contribution in [0.3, 0.4) is 0 Å². The number of aromatic nitrogens is 1. The molecule has 2 aliphatic carbocycles. The van der Waals surface area contributed by atoms with Gasteiger partial charge in [-0.1, -0.05) is 18.6 Å². The summed E-state index contributed by atoms with van der Waals surface area (Å²) in [7, 11) is 0. The van der Waals surface area contributed by atoms with Crippen LogP contribution in [0.1, 0.15) is 43.7 Å². The molecule has 2 saturated carbocycles. The van der Waals surface area contributed by atoms with Crippen molar-refractivity contribution in [1.82, 2.24) is 10.3 Å². The van der Waals surface area contributed by atoms with Crippen molar-refractivity contribution in [1.29, 1.82) is 0 Å². The normalized spacial score (nSPS) is 31.1. The third kappa shape index (κ3) is 2.09. The highest BCUT2D eigenvalue weighted by Gasteiger charge is 2.39. The zero-order chi connectivity index (χ0) is 12.8. The van der Waals surface area contributed by atoms with Gasteiger partial charge in [0.25, 0.3) is 0 Å². The van der Waals surface area contributed by atoms with Gasteiger partial charge in [0, 0.05) is 6.04 Å². The molecule has 2 fully saturated rings. The van der Waals surface area contributed by atoms with E-state index >= 15 is 0 Å². The molecular weight excluding hydrogens is 252 g/mol. The van der Waals surface area contributed by atoms with Gasteiger partial charge in [-0.2, -0.15) is 0 Å². The van der Waals surface area contributed by atoms with Crippen LogP contribution in [0.15, 0.2) is 24.3 Å². The van der Waals surface area contributed by atoms with E-state index in [4.69, 9.17) is 4.98 Å². The first-order chi connectivity index (χ1) is 9.29. The monoisotopic (exact) mass is 272 g/mol. The molecule has 4 unspecified atom stereocenters. The summed E-state index contributed by atoms with van der Waals surface area (Å²) in [6.07, 6.45) is 5.76. The summed E-state index contributed by atoms with van der Waals surface area (Å²) in [5.41, 5.74) is 1.14. The van der Waals surface area contributed by atoms with Crippen molar-refractivity contribution in [2.75, 3.05) is 0 Å². The first-order valence-corrected chi connectivity index (χ1v) is 8.23. The number of hydrogen-bond donors (Lipinski definition) is 1. The highest BCUT2D eigenvalue weighted by atomic mass is 32.1. The summed E-state index contributed by atoms with van der Waals surface area (Å²) in [5.74, 6) is 1.94. The van der Waals surface area contributed by atoms with Gasteiger partial charge in [0.15, 0.2) is 0 Å². The van der Waals surface area contributed by atoms with E-state index in [1.807, 2.05) is 11.3 Å². The Bertz CT molecular complexity index is 558. The van der Waals surface area contributed by atoms with Crippen LogP contribution in [0.2, 0.25) is 0 Å². The third-order valence-corrected chi connectivity index (χ3v) is 6.10. The largest absolute Gasteiger partial charge is 0.305 e. The summed E-state index contributed by atoms with van der Waals surface area (Å²) >= 11 is 1.84. The van der Waals surface area contributed by atoms with E-state index in [1.165, 1.54) is 35.4 Å². The molecular formula is C16H20N2S. The van der Waals surface area contributed by atoms with Crippen molar-refractivity contribution in [3.05, 3.63) is 29.3 Å². The van der Waals surface area contributed by atoms with Gasteiger partial charge in [-0.25, -0.2) is 4.98 Å². The smallest absolute Gasteiger partial charge is 0.111 e. The molecule has 1 aromatic carbocycles. The number of nitrogens with one attached hydrogen (secondary N) is 1. The van der Waals surface area contributed by atoms with Gasteiger partial charge in [-0.15, -0.1) is 11.3 Å². The standard InChI is InChI=1S/C16H20N2S/c1-10(17-14-9-11-6-7-12(14)8-11)16-18-13-4-2-3-5-15(13)19-16/h2-5,10-12,14,17H,6-9H2,1H3. The average Bonchev–Trinajstić information content (AvgIpc) is 3.12. The maximum Gasteiger partial charge on any atom is 0.111 e. The maximum atomic E-state index is 4.77. The molecule has 0 amide bonds. The molecule has 2 bridgehead atoms. The molecule has 0 radical (unpaired) electrons. The highest BCUT2D eigenvalue weighted by Crippen LogP contribution is 2.45. The molecule has 3 heteroatoms. The number of nitrogens with zero attached hydrogens (tertiary/aromatic N) is 1. The lowest BCUT2D eigenvalue weighted by atomic mass is 9.95. The Morgan fingerprint density at radius 2 is 2.16 bits per heavy atom. The molecule has 0 saturated heterocycles. The maximum absolute atomic E-state index is 4.77. The number of fused-ring (bicyclic) bond motifs is 3. The van der Waals surface area contributed by atoms with E-state index in [0.29, 0.717) is 6.04 Å². The van der Waals surface area contributed by atoms with Crippen molar-refractivity contribution in [2.45, 2.75) is 44.7 Å². The van der Waals surface area contributed by atoms with Crippen LogP contribution >= 0.6 is 11.3 Å². The van der Waals surface area contributed by atoms with Crippen molar-refractivity contribution in [3.63, 3.8) is 0 Å². The topological polar surface area (TPSA) is 24.9 Å². The lowest BCUT2D eigenvalue weighted by Gasteiger charge is -2.25. The minimum absolute atomic E-state index is 0.391. The summed E-state index contributed by atoms with van der Waals surface area (Å²) in [4.78, 5) is 4.77. The van der Waals surface area contributed by atoms with Crippen molar-refractivity contribution < 1.29 is 0 Å². The Balaban J connectivity index is 1.52. The van der Waals surface area contributed by atoms with Crippen LogP contribution in [0.4, 0.5) is 0 Å². The predicted molar refractivity (Wildman–Crippen MR) is 80.4 cm³/mol. The number of hydrogen-bond acceptors (Lipinski definition) is 3. The van der Waals surface area contributed by atoms with Crippen molar-refractivity contribution >= 4 is 21.6 Å². The zero-order valence-corrected chi connectivity index (χ0v) is 12.1. The van der Waals surface area contributed by atoms with Crippen molar-refractivity contribution in [3.8, 4) is 0 Å². The van der Waals surface area contributed by atoms with E-state index in [0.717, 1.165) is 23.4 Å². The molecule has 100 valence electrons. The van der Waals surface area contributed by atoms with Gasteiger partial charge < -0.3 is 5.32 Å². The lowest BCUT2D eigenvalue weighted by molar-refractivity contribution is 0.327. The second-order valence-electron chi connectivity index (χ2n) is 6.19. The molecule has 1 heterocycles. The molecule has 1 aromatic heterocycles. The van der Waals surface area contributed by atoms with Crippen LogP contribution in [0, 0.1) is 11.8 Å². The van der Waals surface area contributed by atoms with E-state index < -0.39 is 0 Å². The molecule has 19 heavy (non-hydrogen) atoms. The number of benzene rings is 1. The molecule has 2 nitrogen and oxygen atoms in total.